The number of rotatable bonds is 8. The van der Waals surface area contributed by atoms with Gasteiger partial charge in [0.15, 0.2) is 0 Å². The molecule has 2 aromatic rings. The van der Waals surface area contributed by atoms with Crippen LogP contribution < -0.4 is 5.32 Å². The van der Waals surface area contributed by atoms with E-state index in [-0.39, 0.29) is 30.0 Å². The van der Waals surface area contributed by atoms with E-state index in [0.29, 0.717) is 0 Å². The van der Waals surface area contributed by atoms with Gasteiger partial charge in [0.05, 0.1) is 0 Å². The Balaban J connectivity index is 2.13. The predicted molar refractivity (Wildman–Crippen MR) is 131 cm³/mol. The largest absolute Gasteiger partial charge is 0.459 e. The molecule has 0 spiro atoms. The molecule has 0 aliphatic heterocycles. The molecule has 0 aliphatic carbocycles. The average molecular weight is 452 g/mol. The summed E-state index contributed by atoms with van der Waals surface area (Å²) in [4.78, 5) is 25.4. The second-order valence-corrected chi connectivity index (χ2v) is 10.4. The van der Waals surface area contributed by atoms with Crippen LogP contribution in [0, 0.1) is 16.7 Å². The zero-order chi connectivity index (χ0) is 24.5. The van der Waals surface area contributed by atoms with E-state index >= 15 is 0 Å². The molecule has 1 unspecified atom stereocenters. The summed E-state index contributed by atoms with van der Waals surface area (Å²) in [6.07, 6.45) is 3.05. The molecule has 1 atom stereocenters. The average Bonchev–Trinajstić information content (AvgIpc) is 2.75. The van der Waals surface area contributed by atoms with Gasteiger partial charge in [-0.2, -0.15) is 0 Å². The zero-order valence-electron chi connectivity index (χ0n) is 20.6. The molecular formula is C28H37NO4. The van der Waals surface area contributed by atoms with Gasteiger partial charge in [-0.1, -0.05) is 114 Å². The van der Waals surface area contributed by atoms with Crippen LogP contribution in [0.2, 0.25) is 0 Å². The number of carbonyl (C=O) groups is 2. The Hall–Kier alpha value is -3.08. The first kappa shape index (κ1) is 26.2. The molecule has 0 saturated heterocycles. The Morgan fingerprint density at radius 2 is 1.21 bits per heavy atom. The van der Waals surface area contributed by atoms with Crippen molar-refractivity contribution >= 4 is 12.1 Å². The first-order chi connectivity index (χ1) is 15.5. The number of carbonyl (C=O) groups excluding carboxylic acids is 2. The first-order valence-corrected chi connectivity index (χ1v) is 11.3. The molecular weight excluding hydrogens is 414 g/mol. The van der Waals surface area contributed by atoms with Gasteiger partial charge in [0.1, 0.15) is 19.3 Å². The van der Waals surface area contributed by atoms with Crippen molar-refractivity contribution in [3.05, 3.63) is 83.9 Å². The molecule has 0 saturated carbocycles. The van der Waals surface area contributed by atoms with Gasteiger partial charge in [0, 0.05) is 0 Å². The Morgan fingerprint density at radius 3 is 1.67 bits per heavy atom. The minimum atomic E-state index is -0.954. The van der Waals surface area contributed by atoms with E-state index in [0.717, 1.165) is 11.1 Å². The number of alkyl carbamates (subject to hydrolysis) is 1. The highest BCUT2D eigenvalue weighted by Crippen LogP contribution is 2.40. The number of esters is 1. The monoisotopic (exact) mass is 451 g/mol. The molecule has 5 nitrogen and oxygen atoms in total. The van der Waals surface area contributed by atoms with Crippen LogP contribution in [-0.2, 0) is 27.5 Å². The van der Waals surface area contributed by atoms with Crippen LogP contribution >= 0.6 is 0 Å². The lowest BCUT2D eigenvalue weighted by atomic mass is 9.66. The zero-order valence-corrected chi connectivity index (χ0v) is 20.6. The summed E-state index contributed by atoms with van der Waals surface area (Å²) < 4.78 is 10.8. The van der Waals surface area contributed by atoms with Crippen LogP contribution in [0.4, 0.5) is 4.79 Å². The number of benzene rings is 2. The third kappa shape index (κ3) is 9.13. The number of nitrogens with one attached hydrogen (secondary N) is 1. The lowest BCUT2D eigenvalue weighted by Gasteiger charge is -2.39. The molecule has 0 heterocycles. The summed E-state index contributed by atoms with van der Waals surface area (Å²) >= 11 is 0. The second kappa shape index (κ2) is 11.7. The van der Waals surface area contributed by atoms with E-state index in [1.807, 2.05) is 66.7 Å². The number of allylic oxidation sites excluding steroid dienone is 1. The molecule has 0 aliphatic rings. The smallest absolute Gasteiger partial charge is 0.408 e. The molecule has 178 valence electrons. The Labute approximate surface area is 198 Å². The molecule has 2 rings (SSSR count). The lowest BCUT2D eigenvalue weighted by molar-refractivity contribution is -0.146. The van der Waals surface area contributed by atoms with Crippen LogP contribution in [0.15, 0.2) is 72.8 Å². The maximum absolute atomic E-state index is 12.9. The van der Waals surface area contributed by atoms with E-state index in [1.165, 1.54) is 0 Å². The summed E-state index contributed by atoms with van der Waals surface area (Å²) in [6.45, 7) is 13.2. The van der Waals surface area contributed by atoms with E-state index in [4.69, 9.17) is 9.47 Å². The van der Waals surface area contributed by atoms with Crippen molar-refractivity contribution in [2.75, 3.05) is 0 Å². The van der Waals surface area contributed by atoms with Crippen molar-refractivity contribution in [1.82, 2.24) is 5.32 Å². The standard InChI is InChI=1S/C28H37NO4/c1-27(2,3)24(28(4,5)6)18-17-23(25(30)32-19-21-13-9-7-10-14-21)29-26(31)33-20-22-15-11-8-12-16-22/h7-18,23-24H,19-20H2,1-6H3,(H,29,31). The van der Waals surface area contributed by atoms with Gasteiger partial charge < -0.3 is 14.8 Å². The molecule has 1 N–H and O–H groups in total. The summed E-state index contributed by atoms with van der Waals surface area (Å²) in [5.74, 6) is -0.370. The predicted octanol–water partition coefficient (Wildman–Crippen LogP) is 6.29. The first-order valence-electron chi connectivity index (χ1n) is 11.3. The van der Waals surface area contributed by atoms with E-state index in [9.17, 15) is 9.59 Å². The molecule has 0 aromatic heterocycles. The quantitative estimate of drug-likeness (QED) is 0.378. The van der Waals surface area contributed by atoms with Crippen LogP contribution in [-0.4, -0.2) is 18.1 Å². The number of amides is 1. The van der Waals surface area contributed by atoms with Crippen LogP contribution in [0.5, 0.6) is 0 Å². The van der Waals surface area contributed by atoms with Gasteiger partial charge in [-0.25, -0.2) is 9.59 Å². The van der Waals surface area contributed by atoms with E-state index in [1.54, 1.807) is 6.08 Å². The van der Waals surface area contributed by atoms with Gasteiger partial charge in [-0.05, 0) is 27.9 Å². The summed E-state index contributed by atoms with van der Waals surface area (Å²) in [5, 5.41) is 2.66. The molecule has 0 bridgehead atoms. The van der Waals surface area contributed by atoms with E-state index in [2.05, 4.69) is 46.9 Å². The number of ether oxygens (including phenoxy) is 2. The minimum absolute atomic E-state index is 0.0267. The fraction of sp³-hybridized carbons (Fsp3) is 0.429. The molecule has 2 aromatic carbocycles. The fourth-order valence-corrected chi connectivity index (χ4v) is 3.99. The Kier molecular flexibility index (Phi) is 9.27. The fourth-order valence-electron chi connectivity index (χ4n) is 3.99. The third-order valence-corrected chi connectivity index (χ3v) is 5.33. The van der Waals surface area contributed by atoms with Gasteiger partial charge in [0.25, 0.3) is 0 Å². The van der Waals surface area contributed by atoms with Crippen molar-refractivity contribution in [2.24, 2.45) is 16.7 Å². The Morgan fingerprint density at radius 1 is 0.758 bits per heavy atom. The molecule has 0 fully saturated rings. The van der Waals surface area contributed by atoms with Gasteiger partial charge in [0.2, 0.25) is 0 Å². The SMILES string of the molecule is CC(C)(C)C(C=CC(NC(=O)OCc1ccccc1)C(=O)OCc1ccccc1)C(C)(C)C. The van der Waals surface area contributed by atoms with E-state index < -0.39 is 18.1 Å². The van der Waals surface area contributed by atoms with Crippen LogP contribution in [0.25, 0.3) is 0 Å². The Bertz CT molecular complexity index is 894. The lowest BCUT2D eigenvalue weighted by Crippen LogP contribution is -2.41. The minimum Gasteiger partial charge on any atom is -0.459 e. The topological polar surface area (TPSA) is 64.6 Å². The highest BCUT2D eigenvalue weighted by atomic mass is 16.6. The van der Waals surface area contributed by atoms with Crippen molar-refractivity contribution in [3.63, 3.8) is 0 Å². The molecule has 1 amide bonds. The summed E-state index contributed by atoms with van der Waals surface area (Å²) in [6, 6.07) is 17.9. The third-order valence-electron chi connectivity index (χ3n) is 5.33. The highest BCUT2D eigenvalue weighted by molar-refractivity contribution is 5.83. The van der Waals surface area contributed by atoms with Crippen molar-refractivity contribution in [1.29, 1.82) is 0 Å². The van der Waals surface area contributed by atoms with Crippen LogP contribution in [0.1, 0.15) is 52.7 Å². The summed E-state index contributed by atoms with van der Waals surface area (Å²) in [7, 11) is 0. The normalized spacial score (nSPS) is 13.1. The van der Waals surface area contributed by atoms with Crippen molar-refractivity contribution in [2.45, 2.75) is 60.8 Å². The maximum atomic E-state index is 12.9. The molecule has 33 heavy (non-hydrogen) atoms. The highest BCUT2D eigenvalue weighted by Gasteiger charge is 2.33. The number of hydrogen-bond donors (Lipinski definition) is 1. The van der Waals surface area contributed by atoms with Crippen LogP contribution in [0.3, 0.4) is 0 Å². The van der Waals surface area contributed by atoms with Gasteiger partial charge >= 0.3 is 12.1 Å². The molecule has 5 heteroatoms. The number of hydrogen-bond acceptors (Lipinski definition) is 4. The van der Waals surface area contributed by atoms with Crippen molar-refractivity contribution < 1.29 is 19.1 Å². The second-order valence-electron chi connectivity index (χ2n) is 10.4. The maximum Gasteiger partial charge on any atom is 0.408 e. The molecule has 0 radical (unpaired) electrons. The van der Waals surface area contributed by atoms with Gasteiger partial charge in [-0.15, -0.1) is 0 Å². The van der Waals surface area contributed by atoms with Gasteiger partial charge in [-0.3, -0.25) is 0 Å². The van der Waals surface area contributed by atoms with Crippen molar-refractivity contribution in [3.8, 4) is 0 Å². The summed E-state index contributed by atoms with van der Waals surface area (Å²) in [5.41, 5.74) is 1.69.